The second-order valence-corrected chi connectivity index (χ2v) is 2.77. The molecule has 0 heterocycles. The van der Waals surface area contributed by atoms with E-state index in [1.54, 1.807) is 6.92 Å². The van der Waals surface area contributed by atoms with Crippen molar-refractivity contribution >= 4 is 11.7 Å². The molecule has 6 nitrogen and oxygen atoms in total. The summed E-state index contributed by atoms with van der Waals surface area (Å²) < 4.78 is 0. The highest BCUT2D eigenvalue weighted by Gasteiger charge is 2.15. The smallest absolute Gasteiger partial charge is 0.236 e. The molecule has 0 aromatic carbocycles. The zero-order chi connectivity index (χ0) is 10.4. The predicted octanol–water partition coefficient (Wildman–Crippen LogP) is -2.66. The number of Topliss-reactive ketones (excluding diaryl/α,β-unsaturated/α-hetero) is 1. The molecule has 2 atom stereocenters. The summed E-state index contributed by atoms with van der Waals surface area (Å²) in [5, 5.41) is 11.1. The van der Waals surface area contributed by atoms with Gasteiger partial charge in [-0.3, -0.25) is 14.9 Å². The highest BCUT2D eigenvalue weighted by molar-refractivity contribution is 5.86. The molecule has 0 radical (unpaired) electrons. The number of nitrogens with one attached hydrogen (secondary N) is 1. The van der Waals surface area contributed by atoms with Crippen LogP contribution in [0.3, 0.4) is 0 Å². The molecule has 0 unspecified atom stereocenters. The van der Waals surface area contributed by atoms with Crippen LogP contribution in [-0.4, -0.2) is 42.0 Å². The monoisotopic (exact) mass is 189 g/mol. The Hall–Kier alpha value is -0.980. The van der Waals surface area contributed by atoms with Gasteiger partial charge in [-0.15, -0.1) is 0 Å². The van der Waals surface area contributed by atoms with Crippen molar-refractivity contribution in [2.75, 3.05) is 13.2 Å². The Morgan fingerprint density at radius 1 is 1.54 bits per heavy atom. The van der Waals surface area contributed by atoms with Crippen LogP contribution in [0.5, 0.6) is 0 Å². The molecule has 0 rings (SSSR count). The number of amides is 1. The molecule has 1 amide bonds. The van der Waals surface area contributed by atoms with Crippen LogP contribution in [0.4, 0.5) is 0 Å². The summed E-state index contributed by atoms with van der Waals surface area (Å²) in [6.45, 7) is 1.05. The summed E-state index contributed by atoms with van der Waals surface area (Å²) in [5.41, 5.74) is 10.2. The van der Waals surface area contributed by atoms with Crippen LogP contribution in [0.15, 0.2) is 0 Å². The van der Waals surface area contributed by atoms with Gasteiger partial charge < -0.3 is 16.6 Å². The van der Waals surface area contributed by atoms with Gasteiger partial charge in [0.2, 0.25) is 5.91 Å². The summed E-state index contributed by atoms with van der Waals surface area (Å²) in [5.74, 6) is -0.931. The molecule has 0 aliphatic heterocycles. The number of ketones is 1. The second-order valence-electron chi connectivity index (χ2n) is 2.77. The number of carbonyl (C=O) groups excluding carboxylic acids is 2. The summed E-state index contributed by atoms with van der Waals surface area (Å²) >= 11 is 0. The van der Waals surface area contributed by atoms with E-state index in [-0.39, 0.29) is 12.3 Å². The molecule has 0 spiro atoms. The van der Waals surface area contributed by atoms with Crippen molar-refractivity contribution in [2.24, 2.45) is 11.5 Å². The van der Waals surface area contributed by atoms with Gasteiger partial charge in [-0.05, 0) is 6.92 Å². The number of hydrogen-bond acceptors (Lipinski definition) is 5. The van der Waals surface area contributed by atoms with E-state index >= 15 is 0 Å². The normalized spacial score (nSPS) is 15.0. The van der Waals surface area contributed by atoms with Gasteiger partial charge in [-0.2, -0.15) is 0 Å². The standard InChI is InChI=1S/C7H15N3O3/c1-4(8)6(12)2-10-5(3-11)7(9)13/h4-5,10-11H,2-3,8H2,1H3,(H2,9,13)/t4-,5+/m1/s1. The van der Waals surface area contributed by atoms with Crippen LogP contribution >= 0.6 is 0 Å². The van der Waals surface area contributed by atoms with E-state index in [1.165, 1.54) is 0 Å². The molecule has 0 aromatic rings. The van der Waals surface area contributed by atoms with E-state index in [9.17, 15) is 9.59 Å². The number of hydrogen-bond donors (Lipinski definition) is 4. The van der Waals surface area contributed by atoms with Gasteiger partial charge in [0, 0.05) is 0 Å². The Labute approximate surface area is 76.3 Å². The highest BCUT2D eigenvalue weighted by Crippen LogP contribution is 1.82. The van der Waals surface area contributed by atoms with Gasteiger partial charge >= 0.3 is 0 Å². The lowest BCUT2D eigenvalue weighted by Crippen LogP contribution is -2.47. The first-order valence-corrected chi connectivity index (χ1v) is 3.91. The number of aliphatic hydroxyl groups excluding tert-OH is 1. The zero-order valence-corrected chi connectivity index (χ0v) is 7.49. The number of carbonyl (C=O) groups is 2. The van der Waals surface area contributed by atoms with E-state index in [1.807, 2.05) is 0 Å². The molecule has 13 heavy (non-hydrogen) atoms. The van der Waals surface area contributed by atoms with Crippen molar-refractivity contribution in [1.82, 2.24) is 5.32 Å². The van der Waals surface area contributed by atoms with Crippen molar-refractivity contribution in [3.05, 3.63) is 0 Å². The Morgan fingerprint density at radius 2 is 2.08 bits per heavy atom. The maximum atomic E-state index is 11.0. The second kappa shape index (κ2) is 5.63. The first-order chi connectivity index (χ1) is 5.99. The van der Waals surface area contributed by atoms with E-state index < -0.39 is 24.6 Å². The van der Waals surface area contributed by atoms with E-state index in [2.05, 4.69) is 5.32 Å². The zero-order valence-electron chi connectivity index (χ0n) is 7.49. The van der Waals surface area contributed by atoms with Gasteiger partial charge in [0.05, 0.1) is 19.2 Å². The van der Waals surface area contributed by atoms with E-state index in [4.69, 9.17) is 16.6 Å². The molecule has 0 aliphatic rings. The van der Waals surface area contributed by atoms with Gasteiger partial charge in [-0.1, -0.05) is 0 Å². The Bertz CT molecular complexity index is 193. The molecule has 0 saturated heterocycles. The predicted molar refractivity (Wildman–Crippen MR) is 46.7 cm³/mol. The number of rotatable bonds is 6. The quantitative estimate of drug-likeness (QED) is 0.363. The lowest BCUT2D eigenvalue weighted by molar-refractivity contribution is -0.122. The molecule has 6 heteroatoms. The van der Waals surface area contributed by atoms with Crippen LogP contribution in [0.2, 0.25) is 0 Å². The molecule has 6 N–H and O–H groups in total. The summed E-state index contributed by atoms with van der Waals surface area (Å²) in [6.07, 6.45) is 0. The number of aliphatic hydroxyl groups is 1. The van der Waals surface area contributed by atoms with Crippen molar-refractivity contribution in [3.8, 4) is 0 Å². The van der Waals surface area contributed by atoms with Crippen LogP contribution in [0, 0.1) is 0 Å². The van der Waals surface area contributed by atoms with Crippen molar-refractivity contribution in [3.63, 3.8) is 0 Å². The summed E-state index contributed by atoms with van der Waals surface area (Å²) in [4.78, 5) is 21.5. The Morgan fingerprint density at radius 3 is 2.38 bits per heavy atom. The summed E-state index contributed by atoms with van der Waals surface area (Å²) in [6, 6.07) is -1.47. The Balaban J connectivity index is 3.85. The van der Waals surface area contributed by atoms with Crippen LogP contribution < -0.4 is 16.8 Å². The molecule has 0 aromatic heterocycles. The van der Waals surface area contributed by atoms with Crippen LogP contribution in [-0.2, 0) is 9.59 Å². The third kappa shape index (κ3) is 4.56. The fourth-order valence-corrected chi connectivity index (χ4v) is 0.640. The highest BCUT2D eigenvalue weighted by atomic mass is 16.3. The van der Waals surface area contributed by atoms with Crippen molar-refractivity contribution in [2.45, 2.75) is 19.0 Å². The molecule has 0 fully saturated rings. The number of nitrogens with two attached hydrogens (primary N) is 2. The Kier molecular flexibility index (Phi) is 5.20. The lowest BCUT2D eigenvalue weighted by atomic mass is 10.2. The number of primary amides is 1. The van der Waals surface area contributed by atoms with Gasteiger partial charge in [0.1, 0.15) is 6.04 Å². The fourth-order valence-electron chi connectivity index (χ4n) is 0.640. The first-order valence-electron chi connectivity index (χ1n) is 3.91. The average Bonchev–Trinajstić information content (AvgIpc) is 2.04. The molecule has 0 aliphatic carbocycles. The third-order valence-electron chi connectivity index (χ3n) is 1.56. The van der Waals surface area contributed by atoms with E-state index in [0.717, 1.165) is 0 Å². The molecule has 0 saturated carbocycles. The summed E-state index contributed by atoms with van der Waals surface area (Å²) in [7, 11) is 0. The lowest BCUT2D eigenvalue weighted by Gasteiger charge is -2.12. The minimum absolute atomic E-state index is 0.0637. The van der Waals surface area contributed by atoms with Crippen molar-refractivity contribution < 1.29 is 14.7 Å². The maximum Gasteiger partial charge on any atom is 0.236 e. The van der Waals surface area contributed by atoms with Crippen molar-refractivity contribution in [1.29, 1.82) is 0 Å². The minimum Gasteiger partial charge on any atom is -0.394 e. The minimum atomic E-state index is -0.886. The third-order valence-corrected chi connectivity index (χ3v) is 1.56. The maximum absolute atomic E-state index is 11.0. The van der Waals surface area contributed by atoms with E-state index in [0.29, 0.717) is 0 Å². The molecular weight excluding hydrogens is 174 g/mol. The first kappa shape index (κ1) is 12.0. The van der Waals surface area contributed by atoms with Gasteiger partial charge in [0.25, 0.3) is 0 Å². The van der Waals surface area contributed by atoms with Crippen LogP contribution in [0.1, 0.15) is 6.92 Å². The average molecular weight is 189 g/mol. The molecule has 0 bridgehead atoms. The molecular formula is C7H15N3O3. The van der Waals surface area contributed by atoms with Gasteiger partial charge in [0.15, 0.2) is 5.78 Å². The van der Waals surface area contributed by atoms with Crippen LogP contribution in [0.25, 0.3) is 0 Å². The fraction of sp³-hybridized carbons (Fsp3) is 0.714. The topological polar surface area (TPSA) is 118 Å². The SMILES string of the molecule is C[C@@H](N)C(=O)CN[C@@H](CO)C(N)=O. The largest absolute Gasteiger partial charge is 0.394 e. The molecule has 76 valence electrons. The van der Waals surface area contributed by atoms with Gasteiger partial charge in [-0.25, -0.2) is 0 Å².